The van der Waals surface area contributed by atoms with E-state index in [0.29, 0.717) is 0 Å². The Hall–Kier alpha value is -2.88. The van der Waals surface area contributed by atoms with Gasteiger partial charge in [-0.3, -0.25) is 9.59 Å². The molecular formula is C22H24N2O2. The van der Waals surface area contributed by atoms with Crippen molar-refractivity contribution < 1.29 is 9.59 Å². The monoisotopic (exact) mass is 348 g/mol. The molecule has 1 aliphatic rings. The van der Waals surface area contributed by atoms with Gasteiger partial charge in [0.25, 0.3) is 0 Å². The highest BCUT2D eigenvalue weighted by molar-refractivity contribution is 5.94. The number of aryl methyl sites for hydroxylation is 1. The molecule has 2 amide bonds. The molecule has 1 atom stereocenters. The Balaban J connectivity index is 1.53. The molecule has 0 radical (unpaired) electrons. The lowest BCUT2D eigenvalue weighted by molar-refractivity contribution is -0.118. The van der Waals surface area contributed by atoms with Crippen molar-refractivity contribution in [1.29, 1.82) is 0 Å². The van der Waals surface area contributed by atoms with E-state index in [-0.39, 0.29) is 23.8 Å². The Morgan fingerprint density at radius 1 is 1.04 bits per heavy atom. The zero-order valence-corrected chi connectivity index (χ0v) is 15.2. The van der Waals surface area contributed by atoms with Gasteiger partial charge in [-0.15, -0.1) is 0 Å². The van der Waals surface area contributed by atoms with E-state index in [0.717, 1.165) is 29.7 Å². The summed E-state index contributed by atoms with van der Waals surface area (Å²) in [7, 11) is 0. The van der Waals surface area contributed by atoms with Crippen LogP contribution >= 0.6 is 0 Å². The fourth-order valence-corrected chi connectivity index (χ4v) is 2.64. The molecule has 0 aromatic heterocycles. The van der Waals surface area contributed by atoms with Crippen molar-refractivity contribution >= 4 is 23.6 Å². The van der Waals surface area contributed by atoms with Gasteiger partial charge in [-0.25, -0.2) is 0 Å². The van der Waals surface area contributed by atoms with Crippen LogP contribution in [0.3, 0.4) is 0 Å². The van der Waals surface area contributed by atoms with Crippen molar-refractivity contribution in [2.75, 3.05) is 5.32 Å². The Labute approximate surface area is 154 Å². The number of benzene rings is 2. The van der Waals surface area contributed by atoms with Gasteiger partial charge in [0.05, 0.1) is 6.04 Å². The third-order valence-electron chi connectivity index (χ3n) is 4.49. The molecule has 0 aliphatic heterocycles. The fourth-order valence-electron chi connectivity index (χ4n) is 2.64. The van der Waals surface area contributed by atoms with E-state index in [9.17, 15) is 9.59 Å². The van der Waals surface area contributed by atoms with Gasteiger partial charge >= 0.3 is 0 Å². The van der Waals surface area contributed by atoms with Gasteiger partial charge in [0.15, 0.2) is 0 Å². The average Bonchev–Trinajstić information content (AvgIpc) is 3.47. The summed E-state index contributed by atoms with van der Waals surface area (Å²) in [6, 6.07) is 15.5. The minimum atomic E-state index is -0.135. The van der Waals surface area contributed by atoms with Crippen LogP contribution < -0.4 is 10.6 Å². The molecule has 1 unspecified atom stereocenters. The van der Waals surface area contributed by atoms with Crippen molar-refractivity contribution in [1.82, 2.24) is 5.32 Å². The molecule has 0 bridgehead atoms. The van der Waals surface area contributed by atoms with Gasteiger partial charge in [-0.05, 0) is 56.0 Å². The van der Waals surface area contributed by atoms with Crippen LogP contribution in [-0.2, 0) is 9.59 Å². The average molecular weight is 348 g/mol. The molecule has 2 aromatic rings. The largest absolute Gasteiger partial charge is 0.346 e. The van der Waals surface area contributed by atoms with E-state index < -0.39 is 0 Å². The van der Waals surface area contributed by atoms with Crippen molar-refractivity contribution in [3.8, 4) is 0 Å². The van der Waals surface area contributed by atoms with E-state index in [4.69, 9.17) is 0 Å². The number of carbonyl (C=O) groups is 2. The van der Waals surface area contributed by atoms with Crippen LogP contribution in [0, 0.1) is 12.8 Å². The SMILES string of the molecule is Cc1ccc(/C=C/C(=O)NC(C)c2ccc(NC(=O)C3CC3)cc2)cc1. The van der Waals surface area contributed by atoms with Crippen LogP contribution in [0.4, 0.5) is 5.69 Å². The van der Waals surface area contributed by atoms with Gasteiger partial charge < -0.3 is 10.6 Å². The lowest BCUT2D eigenvalue weighted by atomic mass is 10.1. The molecule has 1 aliphatic carbocycles. The summed E-state index contributed by atoms with van der Waals surface area (Å²) in [6.07, 6.45) is 5.33. The van der Waals surface area contributed by atoms with E-state index in [1.807, 2.05) is 62.4 Å². The lowest BCUT2D eigenvalue weighted by Gasteiger charge is -2.14. The predicted octanol–water partition coefficient (Wildman–Crippen LogP) is 4.23. The zero-order chi connectivity index (χ0) is 18.5. The van der Waals surface area contributed by atoms with Gasteiger partial charge in [0.1, 0.15) is 0 Å². The molecule has 26 heavy (non-hydrogen) atoms. The quantitative estimate of drug-likeness (QED) is 0.767. The highest BCUT2D eigenvalue weighted by Gasteiger charge is 2.29. The first-order valence-corrected chi connectivity index (χ1v) is 8.97. The summed E-state index contributed by atoms with van der Waals surface area (Å²) in [4.78, 5) is 23.9. The van der Waals surface area contributed by atoms with Crippen molar-refractivity contribution in [3.05, 3.63) is 71.3 Å². The second-order valence-electron chi connectivity index (χ2n) is 6.86. The maximum absolute atomic E-state index is 12.1. The molecule has 4 nitrogen and oxygen atoms in total. The first kappa shape index (κ1) is 17.9. The van der Waals surface area contributed by atoms with E-state index in [2.05, 4.69) is 10.6 Å². The number of carbonyl (C=O) groups excluding carboxylic acids is 2. The Kier molecular flexibility index (Phi) is 5.52. The minimum Gasteiger partial charge on any atom is -0.346 e. The number of nitrogens with one attached hydrogen (secondary N) is 2. The highest BCUT2D eigenvalue weighted by atomic mass is 16.2. The number of hydrogen-bond acceptors (Lipinski definition) is 2. The molecule has 4 heteroatoms. The van der Waals surface area contributed by atoms with Crippen molar-refractivity contribution in [2.24, 2.45) is 5.92 Å². The molecule has 1 fully saturated rings. The normalized spacial score (nSPS) is 14.8. The molecule has 0 heterocycles. The van der Waals surface area contributed by atoms with Crippen LogP contribution in [-0.4, -0.2) is 11.8 Å². The summed E-state index contributed by atoms with van der Waals surface area (Å²) in [5.74, 6) is 0.151. The zero-order valence-electron chi connectivity index (χ0n) is 15.2. The Morgan fingerprint density at radius 3 is 2.31 bits per heavy atom. The van der Waals surface area contributed by atoms with Crippen LogP contribution in [0.2, 0.25) is 0 Å². The van der Waals surface area contributed by atoms with E-state index in [1.165, 1.54) is 5.56 Å². The number of rotatable bonds is 6. The standard InChI is InChI=1S/C22H24N2O2/c1-15-3-5-17(6-4-15)7-14-21(25)23-16(2)18-10-12-20(13-11-18)24-22(26)19-8-9-19/h3-7,10-14,16,19H,8-9H2,1-2H3,(H,23,25)(H,24,26)/b14-7+. The molecule has 3 rings (SSSR count). The molecule has 2 N–H and O–H groups in total. The predicted molar refractivity (Wildman–Crippen MR) is 105 cm³/mol. The Bertz CT molecular complexity index is 803. The lowest BCUT2D eigenvalue weighted by Crippen LogP contribution is -2.24. The second-order valence-corrected chi connectivity index (χ2v) is 6.86. The second kappa shape index (κ2) is 8.00. The highest BCUT2D eigenvalue weighted by Crippen LogP contribution is 2.30. The summed E-state index contributed by atoms with van der Waals surface area (Å²) in [5, 5.41) is 5.87. The maximum Gasteiger partial charge on any atom is 0.244 e. The van der Waals surface area contributed by atoms with Gasteiger partial charge in [-0.2, -0.15) is 0 Å². The summed E-state index contributed by atoms with van der Waals surface area (Å²) in [5.41, 5.74) is 3.97. The molecule has 0 spiro atoms. The maximum atomic E-state index is 12.1. The van der Waals surface area contributed by atoms with Crippen LogP contribution in [0.25, 0.3) is 6.08 Å². The van der Waals surface area contributed by atoms with Gasteiger partial charge in [-0.1, -0.05) is 42.0 Å². The Morgan fingerprint density at radius 2 is 1.69 bits per heavy atom. The summed E-state index contributed by atoms with van der Waals surface area (Å²) < 4.78 is 0. The molecular weight excluding hydrogens is 324 g/mol. The third kappa shape index (κ3) is 5.06. The smallest absolute Gasteiger partial charge is 0.244 e. The summed E-state index contributed by atoms with van der Waals surface area (Å²) >= 11 is 0. The number of amides is 2. The fraction of sp³-hybridized carbons (Fsp3) is 0.273. The molecule has 0 saturated heterocycles. The number of anilines is 1. The minimum absolute atomic E-state index is 0.0975. The first-order valence-electron chi connectivity index (χ1n) is 8.97. The number of hydrogen-bond donors (Lipinski definition) is 2. The molecule has 1 saturated carbocycles. The van der Waals surface area contributed by atoms with E-state index in [1.54, 1.807) is 12.2 Å². The van der Waals surface area contributed by atoms with Gasteiger partial charge in [0.2, 0.25) is 11.8 Å². The molecule has 2 aromatic carbocycles. The van der Waals surface area contributed by atoms with Crippen LogP contribution in [0.1, 0.15) is 42.5 Å². The van der Waals surface area contributed by atoms with Crippen LogP contribution in [0.15, 0.2) is 54.6 Å². The van der Waals surface area contributed by atoms with E-state index >= 15 is 0 Å². The topological polar surface area (TPSA) is 58.2 Å². The van der Waals surface area contributed by atoms with Crippen molar-refractivity contribution in [3.63, 3.8) is 0 Å². The summed E-state index contributed by atoms with van der Waals surface area (Å²) in [6.45, 7) is 3.97. The third-order valence-corrected chi connectivity index (χ3v) is 4.49. The van der Waals surface area contributed by atoms with Gasteiger partial charge in [0, 0.05) is 17.7 Å². The van der Waals surface area contributed by atoms with Crippen molar-refractivity contribution in [2.45, 2.75) is 32.7 Å². The first-order chi connectivity index (χ1) is 12.5. The molecule has 134 valence electrons. The van der Waals surface area contributed by atoms with Crippen LogP contribution in [0.5, 0.6) is 0 Å².